The van der Waals surface area contributed by atoms with E-state index in [0.717, 1.165) is 11.1 Å². The largest absolute Gasteiger partial charge is 0.497 e. The molecule has 4 heteroatoms. The summed E-state index contributed by atoms with van der Waals surface area (Å²) in [5, 5.41) is 10.1. The molecule has 0 saturated carbocycles. The number of halogens is 2. The second-order valence-corrected chi connectivity index (χ2v) is 4.68. The zero-order valence-corrected chi connectivity index (χ0v) is 11.4. The molecule has 0 aliphatic rings. The van der Waals surface area contributed by atoms with Crippen LogP contribution in [-0.4, -0.2) is 12.2 Å². The van der Waals surface area contributed by atoms with E-state index in [1.54, 1.807) is 19.1 Å². The summed E-state index contributed by atoms with van der Waals surface area (Å²) in [5.74, 6) is -0.440. The van der Waals surface area contributed by atoms with Gasteiger partial charge in [0.15, 0.2) is 0 Å². The van der Waals surface area contributed by atoms with Crippen LogP contribution in [0.4, 0.5) is 8.78 Å². The van der Waals surface area contributed by atoms with Gasteiger partial charge in [-0.25, -0.2) is 8.78 Å². The van der Waals surface area contributed by atoms with Gasteiger partial charge in [0.1, 0.15) is 17.4 Å². The predicted octanol–water partition coefficient (Wildman–Crippen LogP) is 3.56. The highest BCUT2D eigenvalue weighted by Crippen LogP contribution is 2.25. The molecular formula is C16H16F2O2. The number of methoxy groups -OCH3 is 1. The van der Waals surface area contributed by atoms with Gasteiger partial charge in [0.25, 0.3) is 0 Å². The van der Waals surface area contributed by atoms with Crippen molar-refractivity contribution in [3.8, 4) is 5.75 Å². The molecule has 1 atom stereocenters. The monoisotopic (exact) mass is 278 g/mol. The summed E-state index contributed by atoms with van der Waals surface area (Å²) in [6.07, 6.45) is -0.750. The van der Waals surface area contributed by atoms with Crippen LogP contribution in [0.5, 0.6) is 5.75 Å². The predicted molar refractivity (Wildman–Crippen MR) is 72.8 cm³/mol. The number of benzene rings is 2. The number of aliphatic hydroxyl groups is 1. The fraction of sp³-hybridized carbons (Fsp3) is 0.250. The number of rotatable bonds is 4. The highest BCUT2D eigenvalue weighted by Gasteiger charge is 2.15. The van der Waals surface area contributed by atoms with Gasteiger partial charge in [-0.3, -0.25) is 0 Å². The number of hydrogen-bond donors (Lipinski definition) is 1. The molecule has 2 nitrogen and oxygen atoms in total. The number of hydrogen-bond acceptors (Lipinski definition) is 2. The van der Waals surface area contributed by atoms with Gasteiger partial charge in [0, 0.05) is 18.1 Å². The summed E-state index contributed by atoms with van der Waals surface area (Å²) in [5.41, 5.74) is 1.72. The van der Waals surface area contributed by atoms with E-state index in [1.165, 1.54) is 31.4 Å². The molecule has 0 aliphatic carbocycles. The highest BCUT2D eigenvalue weighted by molar-refractivity contribution is 5.33. The van der Waals surface area contributed by atoms with Crippen LogP contribution in [0.2, 0.25) is 0 Å². The van der Waals surface area contributed by atoms with E-state index in [0.29, 0.717) is 5.75 Å². The third kappa shape index (κ3) is 3.14. The Morgan fingerprint density at radius 2 is 1.90 bits per heavy atom. The lowest BCUT2D eigenvalue weighted by Crippen LogP contribution is -2.06. The molecule has 1 N–H and O–H groups in total. The minimum atomic E-state index is -0.981. The molecule has 106 valence electrons. The Bertz CT molecular complexity index is 611. The van der Waals surface area contributed by atoms with Crippen molar-refractivity contribution < 1.29 is 18.6 Å². The van der Waals surface area contributed by atoms with Crippen LogP contribution in [0, 0.1) is 18.6 Å². The van der Waals surface area contributed by atoms with E-state index in [9.17, 15) is 13.9 Å². The van der Waals surface area contributed by atoms with Crippen LogP contribution in [0.25, 0.3) is 0 Å². The first-order chi connectivity index (χ1) is 9.51. The fourth-order valence-corrected chi connectivity index (χ4v) is 2.11. The molecule has 0 aromatic heterocycles. The van der Waals surface area contributed by atoms with Crippen molar-refractivity contribution >= 4 is 0 Å². The van der Waals surface area contributed by atoms with Gasteiger partial charge < -0.3 is 9.84 Å². The molecule has 1 unspecified atom stereocenters. The van der Waals surface area contributed by atoms with E-state index in [1.807, 2.05) is 0 Å². The molecule has 0 bridgehead atoms. The van der Waals surface area contributed by atoms with Crippen molar-refractivity contribution in [1.82, 2.24) is 0 Å². The average molecular weight is 278 g/mol. The van der Waals surface area contributed by atoms with Crippen LogP contribution in [-0.2, 0) is 6.42 Å². The molecular weight excluding hydrogens is 262 g/mol. The van der Waals surface area contributed by atoms with E-state index in [-0.39, 0.29) is 17.8 Å². The zero-order valence-electron chi connectivity index (χ0n) is 11.4. The maximum Gasteiger partial charge on any atom is 0.132 e. The first-order valence-corrected chi connectivity index (χ1v) is 6.28. The lowest BCUT2D eigenvalue weighted by atomic mass is 9.98. The molecule has 0 radical (unpaired) electrons. The fourth-order valence-electron chi connectivity index (χ4n) is 2.11. The van der Waals surface area contributed by atoms with E-state index >= 15 is 0 Å². The Morgan fingerprint density at radius 1 is 1.15 bits per heavy atom. The smallest absolute Gasteiger partial charge is 0.132 e. The standard InChI is InChI=1S/C16H16F2O2/c1-10-7-12(17)4-3-11(10)8-16(19)14-6-5-13(20-2)9-15(14)18/h3-7,9,16,19H,8H2,1-2H3. The van der Waals surface area contributed by atoms with E-state index in [4.69, 9.17) is 4.74 Å². The van der Waals surface area contributed by atoms with E-state index in [2.05, 4.69) is 0 Å². The van der Waals surface area contributed by atoms with E-state index < -0.39 is 11.9 Å². The normalized spacial score (nSPS) is 12.2. The third-order valence-electron chi connectivity index (χ3n) is 3.28. The van der Waals surface area contributed by atoms with Crippen molar-refractivity contribution in [3.05, 3.63) is 64.7 Å². The Labute approximate surface area is 116 Å². The first kappa shape index (κ1) is 14.5. The SMILES string of the molecule is COc1ccc(C(O)Cc2ccc(F)cc2C)c(F)c1. The lowest BCUT2D eigenvalue weighted by Gasteiger charge is -2.14. The van der Waals surface area contributed by atoms with Crippen LogP contribution < -0.4 is 4.74 Å². The van der Waals surface area contributed by atoms with Crippen LogP contribution in [0.15, 0.2) is 36.4 Å². The van der Waals surface area contributed by atoms with Gasteiger partial charge in [-0.05, 0) is 42.3 Å². The molecule has 0 saturated heterocycles. The number of aliphatic hydroxyl groups excluding tert-OH is 1. The maximum atomic E-state index is 13.9. The molecule has 2 aromatic carbocycles. The van der Waals surface area contributed by atoms with Gasteiger partial charge in [0.2, 0.25) is 0 Å². The summed E-state index contributed by atoms with van der Waals surface area (Å²) in [6, 6.07) is 8.66. The minimum absolute atomic E-state index is 0.203. The quantitative estimate of drug-likeness (QED) is 0.926. The van der Waals surface area contributed by atoms with Crippen LogP contribution in [0.1, 0.15) is 22.8 Å². The second-order valence-electron chi connectivity index (χ2n) is 4.68. The summed E-state index contributed by atoms with van der Waals surface area (Å²) in [7, 11) is 1.45. The van der Waals surface area contributed by atoms with Gasteiger partial charge in [-0.2, -0.15) is 0 Å². The van der Waals surface area contributed by atoms with Crippen molar-refractivity contribution in [2.75, 3.05) is 7.11 Å². The highest BCUT2D eigenvalue weighted by atomic mass is 19.1. The maximum absolute atomic E-state index is 13.9. The number of ether oxygens (including phenoxy) is 1. The summed E-state index contributed by atoms with van der Waals surface area (Å²) in [6.45, 7) is 1.76. The Morgan fingerprint density at radius 3 is 2.50 bits per heavy atom. The molecule has 2 aromatic rings. The summed E-state index contributed by atoms with van der Waals surface area (Å²) < 4.78 is 31.8. The van der Waals surface area contributed by atoms with Crippen LogP contribution in [0.3, 0.4) is 0 Å². The molecule has 0 fully saturated rings. The lowest BCUT2D eigenvalue weighted by molar-refractivity contribution is 0.173. The minimum Gasteiger partial charge on any atom is -0.497 e. The average Bonchev–Trinajstić information content (AvgIpc) is 2.41. The summed E-state index contributed by atoms with van der Waals surface area (Å²) >= 11 is 0. The summed E-state index contributed by atoms with van der Waals surface area (Å²) in [4.78, 5) is 0. The molecule has 2 rings (SSSR count). The van der Waals surface area contributed by atoms with Gasteiger partial charge in [0.05, 0.1) is 13.2 Å². The van der Waals surface area contributed by atoms with Gasteiger partial charge in [-0.1, -0.05) is 6.07 Å². The molecule has 0 amide bonds. The Hall–Kier alpha value is -1.94. The Balaban J connectivity index is 2.21. The van der Waals surface area contributed by atoms with Crippen LogP contribution >= 0.6 is 0 Å². The molecule has 0 heterocycles. The Kier molecular flexibility index (Phi) is 4.35. The molecule has 20 heavy (non-hydrogen) atoms. The first-order valence-electron chi connectivity index (χ1n) is 6.28. The molecule has 0 aliphatic heterocycles. The van der Waals surface area contributed by atoms with Gasteiger partial charge in [-0.15, -0.1) is 0 Å². The van der Waals surface area contributed by atoms with Crippen molar-refractivity contribution in [3.63, 3.8) is 0 Å². The third-order valence-corrected chi connectivity index (χ3v) is 3.28. The van der Waals surface area contributed by atoms with Crippen molar-refractivity contribution in [2.24, 2.45) is 0 Å². The molecule has 0 spiro atoms. The number of aryl methyl sites for hydroxylation is 1. The zero-order chi connectivity index (χ0) is 14.7. The van der Waals surface area contributed by atoms with Crippen molar-refractivity contribution in [1.29, 1.82) is 0 Å². The van der Waals surface area contributed by atoms with Crippen molar-refractivity contribution in [2.45, 2.75) is 19.4 Å². The topological polar surface area (TPSA) is 29.5 Å². The van der Waals surface area contributed by atoms with Gasteiger partial charge >= 0.3 is 0 Å². The second kappa shape index (κ2) is 6.01.